The number of thioether (sulfide) groups is 1. The number of rotatable bonds is 4. The van der Waals surface area contributed by atoms with Crippen LogP contribution in [-0.4, -0.2) is 21.2 Å². The van der Waals surface area contributed by atoms with Crippen molar-refractivity contribution in [2.45, 2.75) is 67.5 Å². The minimum atomic E-state index is -0.396. The van der Waals surface area contributed by atoms with Crippen LogP contribution in [0.3, 0.4) is 0 Å². The zero-order valence-corrected chi connectivity index (χ0v) is 9.93. The SMILES string of the molecule is N#CCCCCC1(O)CC2CCC(C1)S2. The lowest BCUT2D eigenvalue weighted by Crippen LogP contribution is -2.37. The molecular formula is C12H19NOS. The first-order valence-electron chi connectivity index (χ1n) is 5.97. The van der Waals surface area contributed by atoms with E-state index in [-0.39, 0.29) is 0 Å². The lowest BCUT2D eigenvalue weighted by molar-refractivity contribution is 0.0132. The van der Waals surface area contributed by atoms with Gasteiger partial charge in [0.05, 0.1) is 11.7 Å². The second-order valence-electron chi connectivity index (χ2n) is 4.96. The monoisotopic (exact) mass is 225 g/mol. The highest BCUT2D eigenvalue weighted by atomic mass is 32.2. The van der Waals surface area contributed by atoms with Crippen molar-refractivity contribution in [2.24, 2.45) is 0 Å². The van der Waals surface area contributed by atoms with Crippen LogP contribution in [0.25, 0.3) is 0 Å². The van der Waals surface area contributed by atoms with Crippen LogP contribution in [0.15, 0.2) is 0 Å². The Morgan fingerprint density at radius 2 is 1.93 bits per heavy atom. The Kier molecular flexibility index (Phi) is 3.58. The lowest BCUT2D eigenvalue weighted by atomic mass is 9.88. The van der Waals surface area contributed by atoms with E-state index in [0.29, 0.717) is 16.9 Å². The summed E-state index contributed by atoms with van der Waals surface area (Å²) >= 11 is 2.09. The predicted octanol–water partition coefficient (Wildman–Crippen LogP) is 2.86. The molecule has 2 aliphatic heterocycles. The van der Waals surface area contributed by atoms with E-state index in [1.54, 1.807) is 0 Å². The van der Waals surface area contributed by atoms with Crippen LogP contribution < -0.4 is 0 Å². The number of nitrogens with zero attached hydrogens (tertiary/aromatic N) is 1. The summed E-state index contributed by atoms with van der Waals surface area (Å²) in [4.78, 5) is 0. The number of nitriles is 1. The Morgan fingerprint density at radius 3 is 2.53 bits per heavy atom. The molecule has 3 heteroatoms. The van der Waals surface area contributed by atoms with Gasteiger partial charge in [-0.2, -0.15) is 17.0 Å². The van der Waals surface area contributed by atoms with Gasteiger partial charge in [-0.25, -0.2) is 0 Å². The van der Waals surface area contributed by atoms with Gasteiger partial charge in [0.25, 0.3) is 0 Å². The average molecular weight is 225 g/mol. The molecule has 2 nitrogen and oxygen atoms in total. The Balaban J connectivity index is 1.78. The van der Waals surface area contributed by atoms with E-state index in [1.807, 2.05) is 0 Å². The summed E-state index contributed by atoms with van der Waals surface area (Å²) < 4.78 is 0. The average Bonchev–Trinajstić information content (AvgIpc) is 2.54. The molecule has 0 radical (unpaired) electrons. The van der Waals surface area contributed by atoms with Crippen molar-refractivity contribution >= 4 is 11.8 Å². The maximum absolute atomic E-state index is 10.5. The third kappa shape index (κ3) is 2.89. The van der Waals surface area contributed by atoms with E-state index in [9.17, 15) is 5.11 Å². The first-order valence-corrected chi connectivity index (χ1v) is 6.91. The van der Waals surface area contributed by atoms with Crippen molar-refractivity contribution in [3.05, 3.63) is 0 Å². The normalized spacial score (nSPS) is 38.9. The fourth-order valence-corrected chi connectivity index (χ4v) is 4.78. The molecular weight excluding hydrogens is 206 g/mol. The highest BCUT2D eigenvalue weighted by Gasteiger charge is 2.42. The van der Waals surface area contributed by atoms with E-state index >= 15 is 0 Å². The second kappa shape index (κ2) is 4.76. The van der Waals surface area contributed by atoms with Gasteiger partial charge < -0.3 is 5.11 Å². The smallest absolute Gasteiger partial charge is 0.0668 e. The molecule has 0 aliphatic carbocycles. The van der Waals surface area contributed by atoms with Gasteiger partial charge in [-0.1, -0.05) is 0 Å². The van der Waals surface area contributed by atoms with Gasteiger partial charge >= 0.3 is 0 Å². The fraction of sp³-hybridized carbons (Fsp3) is 0.917. The van der Waals surface area contributed by atoms with Gasteiger partial charge in [0.2, 0.25) is 0 Å². The van der Waals surface area contributed by atoms with E-state index in [1.165, 1.54) is 12.8 Å². The van der Waals surface area contributed by atoms with Crippen molar-refractivity contribution in [1.29, 1.82) is 5.26 Å². The zero-order valence-electron chi connectivity index (χ0n) is 9.11. The lowest BCUT2D eigenvalue weighted by Gasteiger charge is -2.36. The van der Waals surface area contributed by atoms with Gasteiger partial charge in [0.15, 0.2) is 0 Å². The molecule has 0 spiro atoms. The van der Waals surface area contributed by atoms with Crippen LogP contribution in [0.2, 0.25) is 0 Å². The van der Waals surface area contributed by atoms with E-state index in [2.05, 4.69) is 17.8 Å². The summed E-state index contributed by atoms with van der Waals surface area (Å²) in [6.07, 6.45) is 8.07. The molecule has 0 aromatic carbocycles. The van der Waals surface area contributed by atoms with Gasteiger partial charge in [0, 0.05) is 16.9 Å². The van der Waals surface area contributed by atoms with E-state index in [4.69, 9.17) is 5.26 Å². The summed E-state index contributed by atoms with van der Waals surface area (Å²) in [5.74, 6) is 0. The van der Waals surface area contributed by atoms with Crippen LogP contribution in [0, 0.1) is 11.3 Å². The minimum absolute atomic E-state index is 0.396. The molecule has 84 valence electrons. The Morgan fingerprint density at radius 1 is 1.27 bits per heavy atom. The molecule has 2 rings (SSSR count). The van der Waals surface area contributed by atoms with Gasteiger partial charge in [-0.05, 0) is 44.9 Å². The molecule has 2 fully saturated rings. The third-order valence-electron chi connectivity index (χ3n) is 3.59. The molecule has 0 amide bonds. The van der Waals surface area contributed by atoms with Crippen molar-refractivity contribution in [3.8, 4) is 6.07 Å². The molecule has 2 aliphatic rings. The van der Waals surface area contributed by atoms with Crippen LogP contribution >= 0.6 is 11.8 Å². The molecule has 2 saturated heterocycles. The summed E-state index contributed by atoms with van der Waals surface area (Å²) in [6, 6.07) is 2.16. The number of hydrogen-bond acceptors (Lipinski definition) is 3. The highest BCUT2D eigenvalue weighted by molar-refractivity contribution is 8.00. The zero-order chi connectivity index (χ0) is 10.7. The standard InChI is InChI=1S/C12H19NOS/c13-7-3-1-2-6-12(14)8-10-4-5-11(9-12)15-10/h10-11,14H,1-6,8-9H2. The van der Waals surface area contributed by atoms with Crippen LogP contribution in [0.1, 0.15) is 51.4 Å². The quantitative estimate of drug-likeness (QED) is 0.748. The van der Waals surface area contributed by atoms with Gasteiger partial charge in [-0.15, -0.1) is 0 Å². The summed E-state index contributed by atoms with van der Waals surface area (Å²) in [5, 5.41) is 20.3. The van der Waals surface area contributed by atoms with Gasteiger partial charge in [-0.3, -0.25) is 0 Å². The topological polar surface area (TPSA) is 44.0 Å². The Labute approximate surface area is 96.1 Å². The van der Waals surface area contributed by atoms with Gasteiger partial charge in [0.1, 0.15) is 0 Å². The minimum Gasteiger partial charge on any atom is -0.390 e. The maximum Gasteiger partial charge on any atom is 0.0668 e. The first kappa shape index (κ1) is 11.3. The summed E-state index contributed by atoms with van der Waals surface area (Å²) in [5.41, 5.74) is -0.396. The van der Waals surface area contributed by atoms with Crippen molar-refractivity contribution in [1.82, 2.24) is 0 Å². The van der Waals surface area contributed by atoms with Crippen LogP contribution in [-0.2, 0) is 0 Å². The van der Waals surface area contributed by atoms with E-state index in [0.717, 1.165) is 32.1 Å². The van der Waals surface area contributed by atoms with Crippen LogP contribution in [0.4, 0.5) is 0 Å². The molecule has 0 aromatic heterocycles. The third-order valence-corrected chi connectivity index (χ3v) is 5.17. The molecule has 15 heavy (non-hydrogen) atoms. The largest absolute Gasteiger partial charge is 0.390 e. The summed E-state index contributed by atoms with van der Waals surface area (Å²) in [6.45, 7) is 0. The number of hydrogen-bond donors (Lipinski definition) is 1. The fourth-order valence-electron chi connectivity index (χ4n) is 2.87. The predicted molar refractivity (Wildman–Crippen MR) is 62.7 cm³/mol. The first-order chi connectivity index (χ1) is 7.22. The molecule has 1 N–H and O–H groups in total. The molecule has 2 heterocycles. The molecule has 0 saturated carbocycles. The Hall–Kier alpha value is -0.200. The summed E-state index contributed by atoms with van der Waals surface area (Å²) in [7, 11) is 0. The maximum atomic E-state index is 10.5. The number of unbranched alkanes of at least 4 members (excludes halogenated alkanes) is 2. The van der Waals surface area contributed by atoms with E-state index < -0.39 is 5.60 Å². The molecule has 2 bridgehead atoms. The number of fused-ring (bicyclic) bond motifs is 2. The Bertz CT molecular complexity index is 249. The molecule has 2 atom stereocenters. The second-order valence-corrected chi connectivity index (χ2v) is 6.56. The highest BCUT2D eigenvalue weighted by Crippen LogP contribution is 2.48. The number of aliphatic hydroxyl groups is 1. The molecule has 2 unspecified atom stereocenters. The molecule has 0 aromatic rings. The van der Waals surface area contributed by atoms with Crippen molar-refractivity contribution in [3.63, 3.8) is 0 Å². The van der Waals surface area contributed by atoms with Crippen molar-refractivity contribution in [2.75, 3.05) is 0 Å². The van der Waals surface area contributed by atoms with Crippen molar-refractivity contribution < 1.29 is 5.11 Å². The van der Waals surface area contributed by atoms with Crippen LogP contribution in [0.5, 0.6) is 0 Å².